The Kier molecular flexibility index (Phi) is 4.90. The molecule has 6 nitrogen and oxygen atoms in total. The van der Waals surface area contributed by atoms with Gasteiger partial charge in [-0.25, -0.2) is 4.79 Å². The van der Waals surface area contributed by atoms with E-state index in [4.69, 9.17) is 13.8 Å². The lowest BCUT2D eigenvalue weighted by Crippen LogP contribution is -2.14. The zero-order valence-electron chi connectivity index (χ0n) is 10.6. The maximum Gasteiger partial charge on any atom is 0.364 e. The van der Waals surface area contributed by atoms with Crippen LogP contribution in [-0.2, 0) is 18.3 Å². The lowest BCUT2D eigenvalue weighted by molar-refractivity contribution is 0.0601. The van der Waals surface area contributed by atoms with Gasteiger partial charge in [-0.05, 0) is 18.2 Å². The first-order chi connectivity index (χ1) is 8.52. The average molecular weight is 274 g/mol. The second kappa shape index (κ2) is 6.00. The molecule has 0 spiro atoms. The molecule has 0 saturated heterocycles. The lowest BCUT2D eigenvalue weighted by atomic mass is 10.2. The summed E-state index contributed by atoms with van der Waals surface area (Å²) >= 11 is 0. The zero-order valence-corrected chi connectivity index (χ0v) is 11.5. The monoisotopic (exact) mass is 274 g/mol. The first-order valence-corrected chi connectivity index (χ1v) is 6.55. The van der Waals surface area contributed by atoms with E-state index in [1.54, 1.807) is 0 Å². The third-order valence-electron chi connectivity index (χ3n) is 2.38. The number of carbonyl (C=O) groups is 1. The number of rotatable bonds is 5. The molecule has 1 aromatic carbocycles. The highest BCUT2D eigenvalue weighted by Gasteiger charge is 2.29. The summed E-state index contributed by atoms with van der Waals surface area (Å²) in [5, 5.41) is 0.179. The second-order valence-electron chi connectivity index (χ2n) is 3.24. The first-order valence-electron chi connectivity index (χ1n) is 5.00. The molecule has 0 unspecified atom stereocenters. The first kappa shape index (κ1) is 14.7. The van der Waals surface area contributed by atoms with E-state index in [1.807, 2.05) is 0 Å². The zero-order chi connectivity index (χ0) is 13.8. The fourth-order valence-electron chi connectivity index (χ4n) is 1.42. The molecule has 0 atom stereocenters. The predicted octanol–water partition coefficient (Wildman–Crippen LogP) is 1.59. The van der Waals surface area contributed by atoms with Crippen molar-refractivity contribution in [2.24, 2.45) is 0 Å². The van der Waals surface area contributed by atoms with E-state index in [9.17, 15) is 9.36 Å². The molecule has 1 aromatic rings. The van der Waals surface area contributed by atoms with Gasteiger partial charge in [0.2, 0.25) is 0 Å². The van der Waals surface area contributed by atoms with E-state index < -0.39 is 13.6 Å². The highest BCUT2D eigenvalue weighted by molar-refractivity contribution is 7.62. The van der Waals surface area contributed by atoms with Crippen LogP contribution in [-0.4, -0.2) is 34.4 Å². The minimum absolute atomic E-state index is 0.179. The predicted molar refractivity (Wildman–Crippen MR) is 65.6 cm³/mol. The van der Waals surface area contributed by atoms with E-state index in [0.717, 1.165) is 0 Å². The third kappa shape index (κ3) is 2.72. The van der Waals surface area contributed by atoms with Gasteiger partial charge in [-0.1, -0.05) is 0 Å². The summed E-state index contributed by atoms with van der Waals surface area (Å²) in [6, 6.07) is 4.38. The molecule has 0 N–H and O–H groups in total. The van der Waals surface area contributed by atoms with Crippen LogP contribution in [0.4, 0.5) is 0 Å². The summed E-state index contributed by atoms with van der Waals surface area (Å²) in [7, 11) is 1.70. The van der Waals surface area contributed by atoms with Gasteiger partial charge in [0.25, 0.3) is 0 Å². The van der Waals surface area contributed by atoms with Gasteiger partial charge < -0.3 is 18.5 Å². The summed E-state index contributed by atoms with van der Waals surface area (Å²) in [6.07, 6.45) is 0. The van der Waals surface area contributed by atoms with E-state index in [2.05, 4.69) is 4.74 Å². The number of hydrogen-bond acceptors (Lipinski definition) is 6. The van der Waals surface area contributed by atoms with Gasteiger partial charge in [0, 0.05) is 14.2 Å². The van der Waals surface area contributed by atoms with Crippen molar-refractivity contribution in [1.82, 2.24) is 0 Å². The largest absolute Gasteiger partial charge is 0.496 e. The van der Waals surface area contributed by atoms with Crippen LogP contribution in [0.2, 0.25) is 0 Å². The Balaban J connectivity index is 3.39. The third-order valence-corrected chi connectivity index (χ3v) is 4.28. The molecule has 7 heteroatoms. The minimum Gasteiger partial charge on any atom is -0.496 e. The van der Waals surface area contributed by atoms with E-state index in [-0.39, 0.29) is 10.9 Å². The Morgan fingerprint density at radius 3 is 2.17 bits per heavy atom. The van der Waals surface area contributed by atoms with Crippen LogP contribution in [0.15, 0.2) is 18.2 Å². The summed E-state index contributed by atoms with van der Waals surface area (Å²) in [6.45, 7) is 0. The molecule has 0 radical (unpaired) electrons. The smallest absolute Gasteiger partial charge is 0.364 e. The molecule has 1 rings (SSSR count). The van der Waals surface area contributed by atoms with Crippen molar-refractivity contribution in [3.05, 3.63) is 23.8 Å². The molecule has 0 aliphatic rings. The molecule has 100 valence electrons. The summed E-state index contributed by atoms with van der Waals surface area (Å²) < 4.78 is 31.8. The van der Waals surface area contributed by atoms with Crippen molar-refractivity contribution in [3.63, 3.8) is 0 Å². The fourth-order valence-corrected chi connectivity index (χ4v) is 2.70. The molecular weight excluding hydrogens is 259 g/mol. The van der Waals surface area contributed by atoms with Crippen LogP contribution in [0.3, 0.4) is 0 Å². The van der Waals surface area contributed by atoms with Crippen molar-refractivity contribution in [1.29, 1.82) is 0 Å². The van der Waals surface area contributed by atoms with Crippen molar-refractivity contribution >= 4 is 18.9 Å². The minimum atomic E-state index is -3.50. The molecule has 18 heavy (non-hydrogen) atoms. The Morgan fingerprint density at radius 2 is 1.72 bits per heavy atom. The highest BCUT2D eigenvalue weighted by Crippen LogP contribution is 2.47. The maximum atomic E-state index is 12.3. The van der Waals surface area contributed by atoms with Gasteiger partial charge in [-0.3, -0.25) is 4.57 Å². The van der Waals surface area contributed by atoms with Crippen LogP contribution in [0, 0.1) is 0 Å². The van der Waals surface area contributed by atoms with Crippen molar-refractivity contribution < 1.29 is 27.9 Å². The maximum absolute atomic E-state index is 12.3. The topological polar surface area (TPSA) is 71.1 Å². The molecule has 0 heterocycles. The number of carbonyl (C=O) groups excluding carboxylic acids is 1. The standard InChI is InChI=1S/C11H15O6P/c1-14-9-6-5-8(11(12)15-2)7-10(9)18(13,16-3)17-4/h5-7H,1-4H3. The van der Waals surface area contributed by atoms with Gasteiger partial charge in [-0.2, -0.15) is 0 Å². The molecule has 0 amide bonds. The molecule has 0 aromatic heterocycles. The SMILES string of the molecule is COC(=O)c1ccc(OC)c(P(=O)(OC)OC)c1. The average Bonchev–Trinajstić information content (AvgIpc) is 2.44. The number of benzene rings is 1. The number of methoxy groups -OCH3 is 2. The Hall–Kier alpha value is -1.36. The second-order valence-corrected chi connectivity index (χ2v) is 5.45. The highest BCUT2D eigenvalue weighted by atomic mass is 31.2. The Labute approximate surface area is 105 Å². The van der Waals surface area contributed by atoms with Crippen molar-refractivity contribution in [2.75, 3.05) is 28.4 Å². The van der Waals surface area contributed by atoms with Crippen LogP contribution < -0.4 is 10.0 Å². The summed E-state index contributed by atoms with van der Waals surface area (Å²) in [4.78, 5) is 11.4. The van der Waals surface area contributed by atoms with Gasteiger partial charge in [0.15, 0.2) is 0 Å². The van der Waals surface area contributed by atoms with Crippen LogP contribution in [0.25, 0.3) is 0 Å². The van der Waals surface area contributed by atoms with E-state index >= 15 is 0 Å². The molecule has 0 fully saturated rings. The summed E-state index contributed by atoms with van der Waals surface area (Å²) in [5.74, 6) is -0.229. The molecule has 0 aliphatic carbocycles. The van der Waals surface area contributed by atoms with Crippen LogP contribution in [0.5, 0.6) is 5.75 Å². The molecule has 0 bridgehead atoms. The molecule has 0 aliphatic heterocycles. The van der Waals surface area contributed by atoms with Gasteiger partial charge in [-0.15, -0.1) is 0 Å². The Morgan fingerprint density at radius 1 is 1.11 bits per heavy atom. The van der Waals surface area contributed by atoms with Crippen molar-refractivity contribution in [2.45, 2.75) is 0 Å². The van der Waals surface area contributed by atoms with Crippen LogP contribution in [0.1, 0.15) is 10.4 Å². The Bertz CT molecular complexity index is 476. The summed E-state index contributed by atoms with van der Waals surface area (Å²) in [5.41, 5.74) is 0.239. The van der Waals surface area contributed by atoms with Gasteiger partial charge in [0.05, 0.1) is 19.8 Å². The van der Waals surface area contributed by atoms with Gasteiger partial charge >= 0.3 is 13.6 Å². The molecule has 0 saturated carbocycles. The number of ether oxygens (including phenoxy) is 2. The van der Waals surface area contributed by atoms with Gasteiger partial charge in [0.1, 0.15) is 11.1 Å². The normalized spacial score (nSPS) is 11.1. The van der Waals surface area contributed by atoms with Crippen LogP contribution >= 0.6 is 7.60 Å². The number of hydrogen-bond donors (Lipinski definition) is 0. The van der Waals surface area contributed by atoms with Crippen molar-refractivity contribution in [3.8, 4) is 5.75 Å². The lowest BCUT2D eigenvalue weighted by Gasteiger charge is -2.17. The van der Waals surface area contributed by atoms with E-state index in [0.29, 0.717) is 5.75 Å². The number of esters is 1. The van der Waals surface area contributed by atoms with E-state index in [1.165, 1.54) is 46.6 Å². The fraction of sp³-hybridized carbons (Fsp3) is 0.364. The molecular formula is C11H15O6P. The quantitative estimate of drug-likeness (QED) is 0.600.